The monoisotopic (exact) mass is 498 g/mol. The molecule has 35 heavy (non-hydrogen) atoms. The molecule has 2 rings (SSSR count). The minimum atomic E-state index is -0.655. The van der Waals surface area contributed by atoms with Gasteiger partial charge in [-0.1, -0.05) is 0 Å². The van der Waals surface area contributed by atoms with Crippen molar-refractivity contribution in [3.05, 3.63) is 23.0 Å². The first kappa shape index (κ1) is 28.6. The van der Waals surface area contributed by atoms with Gasteiger partial charge in [-0.15, -0.1) is 0 Å². The molecule has 1 aromatic carbocycles. The number of carbonyl (C=O) groups excluding carboxylic acids is 2. The molecule has 198 valence electrons. The second kappa shape index (κ2) is 12.4. The molecule has 0 heterocycles. The van der Waals surface area contributed by atoms with Crippen molar-refractivity contribution in [2.45, 2.75) is 65.6 Å². The Kier molecular flexibility index (Phi) is 10.1. The van der Waals surface area contributed by atoms with E-state index in [-0.39, 0.29) is 30.7 Å². The third-order valence-corrected chi connectivity index (χ3v) is 4.92. The number of amides is 1. The third kappa shape index (κ3) is 9.89. The molecule has 0 aromatic heterocycles. The Morgan fingerprint density at radius 3 is 2.37 bits per heavy atom. The average Bonchev–Trinajstić information content (AvgIpc) is 3.12. The summed E-state index contributed by atoms with van der Waals surface area (Å²) in [6.07, 6.45) is 0.490. The normalized spacial score (nSPS) is 15.4. The summed E-state index contributed by atoms with van der Waals surface area (Å²) in [5.74, 6) is -0.765. The predicted octanol–water partition coefficient (Wildman–Crippen LogP) is 3.82. The summed E-state index contributed by atoms with van der Waals surface area (Å²) in [4.78, 5) is 24.2. The van der Waals surface area contributed by atoms with Crippen LogP contribution in [0.1, 0.15) is 52.7 Å². The highest BCUT2D eigenvalue weighted by atomic mass is 19.1. The molecule has 1 aliphatic carbocycles. The largest absolute Gasteiger partial charge is 0.465 e. The zero-order valence-corrected chi connectivity index (χ0v) is 21.8. The SMILES string of the molecule is COCCOCOc1cc2c(c(F)c1NCC(=O)OC(C)(C)C)CC(CNC(=O)OC(C)(C)C)C2. The second-order valence-corrected chi connectivity index (χ2v) is 10.5. The van der Waals surface area contributed by atoms with Gasteiger partial charge in [-0.25, -0.2) is 9.18 Å². The van der Waals surface area contributed by atoms with Crippen LogP contribution in [0, 0.1) is 11.7 Å². The maximum Gasteiger partial charge on any atom is 0.407 e. The quantitative estimate of drug-likeness (QED) is 0.270. The van der Waals surface area contributed by atoms with E-state index in [9.17, 15) is 9.59 Å². The molecule has 1 aromatic rings. The summed E-state index contributed by atoms with van der Waals surface area (Å²) >= 11 is 0. The first-order chi connectivity index (χ1) is 16.3. The Balaban J connectivity index is 2.12. The van der Waals surface area contributed by atoms with E-state index in [0.29, 0.717) is 38.2 Å². The molecule has 1 atom stereocenters. The van der Waals surface area contributed by atoms with Crippen LogP contribution in [0.15, 0.2) is 6.07 Å². The molecule has 1 amide bonds. The number of nitrogens with one attached hydrogen (secondary N) is 2. The highest BCUT2D eigenvalue weighted by Gasteiger charge is 2.30. The Bertz CT molecular complexity index is 878. The average molecular weight is 499 g/mol. The molecule has 0 saturated heterocycles. The molecule has 9 nitrogen and oxygen atoms in total. The standard InChI is InChI=1S/C25H39FN2O7/c1-24(2,3)34-20(29)14-27-22-19(33-15-32-9-8-31-7)12-17-10-16(11-18(17)21(22)26)13-28-23(30)35-25(4,5)6/h12,16,27H,8-11,13-15H2,1-7H3,(H,28,30). The lowest BCUT2D eigenvalue weighted by Crippen LogP contribution is -2.35. The first-order valence-electron chi connectivity index (χ1n) is 11.8. The van der Waals surface area contributed by atoms with E-state index < -0.39 is 29.1 Å². The van der Waals surface area contributed by atoms with Gasteiger partial charge in [0.25, 0.3) is 0 Å². The molecule has 0 fully saturated rings. The van der Waals surface area contributed by atoms with Crippen LogP contribution < -0.4 is 15.4 Å². The number of rotatable bonds is 11. The first-order valence-corrected chi connectivity index (χ1v) is 11.8. The van der Waals surface area contributed by atoms with Crippen molar-refractivity contribution in [2.24, 2.45) is 5.92 Å². The Labute approximate surface area is 207 Å². The van der Waals surface area contributed by atoms with Gasteiger partial charge in [-0.05, 0) is 77.5 Å². The fraction of sp³-hybridized carbons (Fsp3) is 0.680. The molecule has 0 aliphatic heterocycles. The van der Waals surface area contributed by atoms with Gasteiger partial charge in [0.2, 0.25) is 0 Å². The number of anilines is 1. The van der Waals surface area contributed by atoms with Crippen LogP contribution in [0.2, 0.25) is 0 Å². The number of esters is 1. The fourth-order valence-electron chi connectivity index (χ4n) is 3.60. The Hall–Kier alpha value is -2.59. The van der Waals surface area contributed by atoms with E-state index in [1.165, 1.54) is 0 Å². The summed E-state index contributed by atoms with van der Waals surface area (Å²) in [6, 6.07) is 1.75. The molecular formula is C25H39FN2O7. The van der Waals surface area contributed by atoms with E-state index in [1.54, 1.807) is 54.7 Å². The summed E-state index contributed by atoms with van der Waals surface area (Å²) in [5, 5.41) is 5.59. The van der Waals surface area contributed by atoms with E-state index >= 15 is 4.39 Å². The third-order valence-electron chi connectivity index (χ3n) is 4.92. The number of hydrogen-bond acceptors (Lipinski definition) is 8. The van der Waals surface area contributed by atoms with Crippen molar-refractivity contribution in [1.82, 2.24) is 5.32 Å². The number of fused-ring (bicyclic) bond motifs is 1. The van der Waals surface area contributed by atoms with Crippen LogP contribution in [-0.4, -0.2) is 63.5 Å². The zero-order chi connectivity index (χ0) is 26.2. The van der Waals surface area contributed by atoms with E-state index in [4.69, 9.17) is 23.7 Å². The van der Waals surface area contributed by atoms with Crippen LogP contribution >= 0.6 is 0 Å². The van der Waals surface area contributed by atoms with E-state index in [2.05, 4.69) is 10.6 Å². The predicted molar refractivity (Wildman–Crippen MR) is 129 cm³/mol. The molecule has 0 radical (unpaired) electrons. The highest BCUT2D eigenvalue weighted by Crippen LogP contribution is 2.38. The maximum absolute atomic E-state index is 15.6. The van der Waals surface area contributed by atoms with Crippen molar-refractivity contribution in [3.8, 4) is 5.75 Å². The van der Waals surface area contributed by atoms with Gasteiger partial charge in [0.1, 0.15) is 29.2 Å². The molecule has 10 heteroatoms. The number of ether oxygens (including phenoxy) is 5. The topological polar surface area (TPSA) is 104 Å². The zero-order valence-electron chi connectivity index (χ0n) is 21.8. The number of halogens is 1. The van der Waals surface area contributed by atoms with Gasteiger partial charge in [-0.3, -0.25) is 4.79 Å². The van der Waals surface area contributed by atoms with Crippen LogP contribution in [0.5, 0.6) is 5.75 Å². The number of methoxy groups -OCH3 is 1. The molecule has 0 spiro atoms. The van der Waals surface area contributed by atoms with Crippen molar-refractivity contribution in [2.75, 3.05) is 45.5 Å². The van der Waals surface area contributed by atoms with E-state index in [0.717, 1.165) is 5.56 Å². The Morgan fingerprint density at radius 1 is 1.06 bits per heavy atom. The number of benzene rings is 1. The minimum Gasteiger partial charge on any atom is -0.465 e. The van der Waals surface area contributed by atoms with Gasteiger partial charge in [0.05, 0.1) is 13.2 Å². The molecule has 0 bridgehead atoms. The molecule has 2 N–H and O–H groups in total. The molecule has 1 aliphatic rings. The maximum atomic E-state index is 15.6. The van der Waals surface area contributed by atoms with Crippen LogP contribution in [0.3, 0.4) is 0 Å². The molecular weight excluding hydrogens is 459 g/mol. The second-order valence-electron chi connectivity index (χ2n) is 10.5. The smallest absolute Gasteiger partial charge is 0.407 e. The molecule has 0 saturated carbocycles. The number of hydrogen-bond donors (Lipinski definition) is 2. The summed E-state index contributed by atoms with van der Waals surface area (Å²) < 4.78 is 42.1. The minimum absolute atomic E-state index is 0.000993. The summed E-state index contributed by atoms with van der Waals surface area (Å²) in [6.45, 7) is 11.4. The van der Waals surface area contributed by atoms with Crippen LogP contribution in [0.4, 0.5) is 14.9 Å². The van der Waals surface area contributed by atoms with Crippen LogP contribution in [0.25, 0.3) is 0 Å². The van der Waals surface area contributed by atoms with Crippen molar-refractivity contribution >= 4 is 17.7 Å². The Morgan fingerprint density at radius 2 is 1.74 bits per heavy atom. The summed E-state index contributed by atoms with van der Waals surface area (Å²) in [5.41, 5.74) is 0.137. The molecule has 1 unspecified atom stereocenters. The number of alkyl carbamates (subject to hydrolysis) is 1. The van der Waals surface area contributed by atoms with Gasteiger partial charge in [0, 0.05) is 13.7 Å². The van der Waals surface area contributed by atoms with Crippen molar-refractivity contribution < 1.29 is 37.7 Å². The van der Waals surface area contributed by atoms with Crippen LogP contribution in [-0.2, 0) is 36.6 Å². The lowest BCUT2D eigenvalue weighted by molar-refractivity contribution is -0.152. The van der Waals surface area contributed by atoms with Gasteiger partial charge in [0.15, 0.2) is 12.6 Å². The van der Waals surface area contributed by atoms with Crippen molar-refractivity contribution in [1.29, 1.82) is 0 Å². The van der Waals surface area contributed by atoms with Gasteiger partial charge >= 0.3 is 12.1 Å². The highest BCUT2D eigenvalue weighted by molar-refractivity contribution is 5.77. The lowest BCUT2D eigenvalue weighted by Gasteiger charge is -2.21. The van der Waals surface area contributed by atoms with Crippen molar-refractivity contribution in [3.63, 3.8) is 0 Å². The summed E-state index contributed by atoms with van der Waals surface area (Å²) in [7, 11) is 1.56. The van der Waals surface area contributed by atoms with Gasteiger partial charge < -0.3 is 34.3 Å². The lowest BCUT2D eigenvalue weighted by atomic mass is 10.1. The fourth-order valence-corrected chi connectivity index (χ4v) is 3.60. The van der Waals surface area contributed by atoms with E-state index in [1.807, 2.05) is 0 Å². The van der Waals surface area contributed by atoms with Gasteiger partial charge in [-0.2, -0.15) is 0 Å². The number of carbonyl (C=O) groups is 2.